The molecule has 1 fully saturated rings. The summed E-state index contributed by atoms with van der Waals surface area (Å²) in [5.74, 6) is -0.736. The van der Waals surface area contributed by atoms with Crippen LogP contribution in [0.5, 0.6) is 0 Å². The van der Waals surface area contributed by atoms with Crippen molar-refractivity contribution in [2.24, 2.45) is 11.2 Å². The molecule has 3 amide bonds. The van der Waals surface area contributed by atoms with Crippen LogP contribution in [0.25, 0.3) is 0 Å². The average Bonchev–Trinajstić information content (AvgIpc) is 1.97. The molecular weight excluding hydrogens is 150 g/mol. The summed E-state index contributed by atoms with van der Waals surface area (Å²) in [5, 5.41) is 5.10. The van der Waals surface area contributed by atoms with E-state index in [9.17, 15) is 14.5 Å². The maximum atomic E-state index is 10.8. The quantitative estimate of drug-likeness (QED) is 0.538. The van der Waals surface area contributed by atoms with Crippen molar-refractivity contribution in [3.8, 4) is 0 Å². The van der Waals surface area contributed by atoms with Crippen LogP contribution >= 0.6 is 0 Å². The van der Waals surface area contributed by atoms with Gasteiger partial charge in [0.25, 0.3) is 0 Å². The molecule has 1 aliphatic rings. The van der Waals surface area contributed by atoms with Crippen molar-refractivity contribution in [2.45, 2.75) is 6.92 Å². The Labute approximate surface area is 62.5 Å². The van der Waals surface area contributed by atoms with E-state index in [-0.39, 0.29) is 18.4 Å². The number of carbonyl (C=O) groups is 2. The molecule has 0 aromatic heterocycles. The number of urea groups is 1. The summed E-state index contributed by atoms with van der Waals surface area (Å²) < 4.78 is 0. The lowest BCUT2D eigenvalue weighted by atomic mass is 10.1. The second-order valence-electron chi connectivity index (χ2n) is 2.36. The Kier molecular flexibility index (Phi) is 1.84. The molecule has 0 bridgehead atoms. The molecule has 60 valence electrons. The van der Waals surface area contributed by atoms with E-state index in [1.165, 1.54) is 0 Å². The van der Waals surface area contributed by atoms with E-state index in [4.69, 9.17) is 0 Å². The first-order chi connectivity index (χ1) is 5.15. The molecule has 0 aromatic rings. The maximum absolute atomic E-state index is 10.8. The molecule has 1 rings (SSSR count). The Balaban J connectivity index is 2.69. The summed E-state index contributed by atoms with van der Waals surface area (Å²) in [6, 6.07) is -0.747. The Hall–Kier alpha value is -1.46. The molecule has 0 spiro atoms. The largest absolute Gasteiger partial charge is 0.347 e. The van der Waals surface area contributed by atoms with E-state index in [0.717, 1.165) is 0 Å². The second kappa shape index (κ2) is 2.65. The summed E-state index contributed by atoms with van der Waals surface area (Å²) in [6.07, 6.45) is 0. The van der Waals surface area contributed by atoms with E-state index in [1.807, 2.05) is 5.32 Å². The van der Waals surface area contributed by atoms with Gasteiger partial charge in [0.2, 0.25) is 5.91 Å². The Bertz CT molecular complexity index is 215. The number of hydrogen-bond acceptors (Lipinski definition) is 4. The van der Waals surface area contributed by atoms with Crippen LogP contribution in [0.1, 0.15) is 6.92 Å². The van der Waals surface area contributed by atoms with Crippen LogP contribution in [0.2, 0.25) is 0 Å². The van der Waals surface area contributed by atoms with Gasteiger partial charge < -0.3 is 0 Å². The zero-order valence-electron chi connectivity index (χ0n) is 5.90. The predicted octanol–water partition coefficient (Wildman–Crippen LogP) is -0.144. The number of carbonyl (C=O) groups excluding carboxylic acids is 2. The van der Waals surface area contributed by atoms with Gasteiger partial charge in [-0.05, 0) is 0 Å². The summed E-state index contributed by atoms with van der Waals surface area (Å²) in [6.45, 7) is 1.67. The number of rotatable bonds is 1. The first kappa shape index (κ1) is 7.64. The van der Waals surface area contributed by atoms with Crippen LogP contribution in [0.3, 0.4) is 0 Å². The summed E-state index contributed by atoms with van der Waals surface area (Å²) >= 11 is 0. The molecular formula is C5H7N3O3. The topological polar surface area (TPSA) is 78.8 Å². The Morgan fingerprint density at radius 1 is 1.64 bits per heavy atom. The van der Waals surface area contributed by atoms with Gasteiger partial charge in [-0.3, -0.25) is 10.1 Å². The van der Waals surface area contributed by atoms with E-state index < -0.39 is 6.03 Å². The first-order valence-corrected chi connectivity index (χ1v) is 3.10. The van der Waals surface area contributed by atoms with Gasteiger partial charge in [0.1, 0.15) is 0 Å². The minimum absolute atomic E-state index is 0.0637. The summed E-state index contributed by atoms with van der Waals surface area (Å²) in [7, 11) is 0. The van der Waals surface area contributed by atoms with Crippen LogP contribution in [-0.4, -0.2) is 23.5 Å². The van der Waals surface area contributed by atoms with Crippen molar-refractivity contribution in [2.75, 3.05) is 6.54 Å². The molecule has 1 aliphatic heterocycles. The van der Waals surface area contributed by atoms with E-state index in [0.29, 0.717) is 5.01 Å². The highest BCUT2D eigenvalue weighted by atomic mass is 16.3. The Morgan fingerprint density at radius 2 is 2.27 bits per heavy atom. The van der Waals surface area contributed by atoms with Crippen LogP contribution in [0, 0.1) is 10.8 Å². The lowest BCUT2D eigenvalue weighted by Crippen LogP contribution is -2.51. The zero-order chi connectivity index (χ0) is 8.43. The van der Waals surface area contributed by atoms with Crippen LogP contribution in [0.15, 0.2) is 5.29 Å². The van der Waals surface area contributed by atoms with Crippen molar-refractivity contribution in [1.82, 2.24) is 10.3 Å². The highest BCUT2D eigenvalue weighted by Gasteiger charge is 2.29. The monoisotopic (exact) mass is 157 g/mol. The van der Waals surface area contributed by atoms with Gasteiger partial charge in [-0.15, -0.1) is 4.91 Å². The maximum Gasteiger partial charge on any atom is 0.347 e. The zero-order valence-corrected chi connectivity index (χ0v) is 5.90. The molecule has 1 heterocycles. The minimum atomic E-state index is -0.747. The standard InChI is InChI=1S/C5H7N3O3/c1-3-2-8(7-11)5(10)6-4(3)9/h3H,2H2,1H3,(H,6,9,10). The lowest BCUT2D eigenvalue weighted by Gasteiger charge is -2.23. The van der Waals surface area contributed by atoms with Crippen LogP contribution < -0.4 is 5.32 Å². The number of nitrogens with zero attached hydrogens (tertiary/aromatic N) is 2. The third-order valence-corrected chi connectivity index (χ3v) is 1.46. The van der Waals surface area contributed by atoms with Crippen molar-refractivity contribution >= 4 is 11.9 Å². The Morgan fingerprint density at radius 3 is 2.82 bits per heavy atom. The normalized spacial score (nSPS) is 24.8. The van der Waals surface area contributed by atoms with Gasteiger partial charge in [0.05, 0.1) is 17.7 Å². The van der Waals surface area contributed by atoms with Gasteiger partial charge in [-0.1, -0.05) is 6.92 Å². The van der Waals surface area contributed by atoms with E-state index in [2.05, 4.69) is 5.29 Å². The van der Waals surface area contributed by atoms with Gasteiger partial charge in [-0.25, -0.2) is 4.79 Å². The van der Waals surface area contributed by atoms with E-state index in [1.54, 1.807) is 6.92 Å². The fourth-order valence-electron chi connectivity index (χ4n) is 0.789. The molecule has 0 aliphatic carbocycles. The van der Waals surface area contributed by atoms with Crippen LogP contribution in [-0.2, 0) is 4.79 Å². The average molecular weight is 157 g/mol. The molecule has 11 heavy (non-hydrogen) atoms. The van der Waals surface area contributed by atoms with Crippen molar-refractivity contribution in [3.05, 3.63) is 4.91 Å². The fourth-order valence-corrected chi connectivity index (χ4v) is 0.789. The highest BCUT2D eigenvalue weighted by molar-refractivity contribution is 5.97. The molecule has 1 atom stereocenters. The molecule has 6 heteroatoms. The SMILES string of the molecule is CC1CN(N=O)C(=O)NC1=O. The van der Waals surface area contributed by atoms with Crippen molar-refractivity contribution < 1.29 is 9.59 Å². The molecule has 1 N–H and O–H groups in total. The van der Waals surface area contributed by atoms with Gasteiger partial charge in [0, 0.05) is 0 Å². The van der Waals surface area contributed by atoms with Gasteiger partial charge in [0.15, 0.2) is 0 Å². The number of amides is 3. The minimum Gasteiger partial charge on any atom is -0.276 e. The summed E-state index contributed by atoms with van der Waals surface area (Å²) in [5.41, 5.74) is 0. The third kappa shape index (κ3) is 1.34. The first-order valence-electron chi connectivity index (χ1n) is 3.10. The van der Waals surface area contributed by atoms with Crippen LogP contribution in [0.4, 0.5) is 4.79 Å². The number of nitroso groups, excluding NO2 is 1. The third-order valence-electron chi connectivity index (χ3n) is 1.46. The molecule has 1 saturated heterocycles. The fraction of sp³-hybridized carbons (Fsp3) is 0.600. The second-order valence-corrected chi connectivity index (χ2v) is 2.36. The predicted molar refractivity (Wildman–Crippen MR) is 35.2 cm³/mol. The molecule has 6 nitrogen and oxygen atoms in total. The highest BCUT2D eigenvalue weighted by Crippen LogP contribution is 2.06. The molecule has 0 saturated carbocycles. The molecule has 0 aromatic carbocycles. The number of imide groups is 1. The van der Waals surface area contributed by atoms with Crippen molar-refractivity contribution in [1.29, 1.82) is 0 Å². The van der Waals surface area contributed by atoms with Crippen molar-refractivity contribution in [3.63, 3.8) is 0 Å². The van der Waals surface area contributed by atoms with Gasteiger partial charge >= 0.3 is 6.03 Å². The number of nitrogens with one attached hydrogen (secondary N) is 1. The van der Waals surface area contributed by atoms with Gasteiger partial charge in [-0.2, -0.15) is 5.01 Å². The lowest BCUT2D eigenvalue weighted by molar-refractivity contribution is -0.125. The molecule has 1 unspecified atom stereocenters. The molecule has 0 radical (unpaired) electrons. The van der Waals surface area contributed by atoms with E-state index >= 15 is 0 Å². The number of hydrogen-bond donors (Lipinski definition) is 1. The smallest absolute Gasteiger partial charge is 0.276 e. The summed E-state index contributed by atoms with van der Waals surface area (Å²) in [4.78, 5) is 31.4.